The lowest BCUT2D eigenvalue weighted by Gasteiger charge is -2.26. The van der Waals surface area contributed by atoms with E-state index in [1.165, 1.54) is 0 Å². The first-order chi connectivity index (χ1) is 6.11. The Balaban J connectivity index is 2.55. The second-order valence-electron chi connectivity index (χ2n) is 3.37. The number of rotatable bonds is 3. The molecule has 2 amide bonds. The van der Waals surface area contributed by atoms with Gasteiger partial charge in [-0.15, -0.1) is 0 Å². The van der Waals surface area contributed by atoms with E-state index in [1.807, 2.05) is 0 Å². The largest absolute Gasteiger partial charge is 0.392 e. The molecule has 0 unspecified atom stereocenters. The minimum Gasteiger partial charge on any atom is -0.392 e. The molecule has 0 aromatic rings. The average molecular weight is 201 g/mol. The summed E-state index contributed by atoms with van der Waals surface area (Å²) in [6.45, 7) is 0.315. The van der Waals surface area contributed by atoms with E-state index >= 15 is 0 Å². The van der Waals surface area contributed by atoms with Crippen LogP contribution in [0.5, 0.6) is 0 Å². The standard InChI is InChI=1S/C8H15N3OS/c9-7(13)5-11(8(10)12)6-3-1-2-4-6/h6H,1-5H2,(H2,9,13)(H2,10,12). The molecule has 0 aromatic carbocycles. The van der Waals surface area contributed by atoms with Gasteiger partial charge in [0.05, 0.1) is 11.5 Å². The van der Waals surface area contributed by atoms with Gasteiger partial charge in [0.25, 0.3) is 0 Å². The first-order valence-electron chi connectivity index (χ1n) is 4.45. The number of thiocarbonyl (C=S) groups is 1. The summed E-state index contributed by atoms with van der Waals surface area (Å²) in [4.78, 5) is 13.0. The van der Waals surface area contributed by atoms with Crippen molar-refractivity contribution in [1.29, 1.82) is 0 Å². The van der Waals surface area contributed by atoms with Crippen LogP contribution in [0.1, 0.15) is 25.7 Å². The van der Waals surface area contributed by atoms with Crippen molar-refractivity contribution in [2.75, 3.05) is 6.54 Å². The van der Waals surface area contributed by atoms with Crippen LogP contribution in [0.3, 0.4) is 0 Å². The normalized spacial score (nSPS) is 17.2. The van der Waals surface area contributed by atoms with E-state index in [4.69, 9.17) is 23.7 Å². The van der Waals surface area contributed by atoms with Crippen LogP contribution in [-0.4, -0.2) is 28.5 Å². The monoisotopic (exact) mass is 201 g/mol. The van der Waals surface area contributed by atoms with Crippen molar-refractivity contribution in [3.63, 3.8) is 0 Å². The molecule has 1 aliphatic rings. The number of hydrogen-bond donors (Lipinski definition) is 2. The molecule has 13 heavy (non-hydrogen) atoms. The smallest absolute Gasteiger partial charge is 0.315 e. The Kier molecular flexibility index (Phi) is 3.48. The van der Waals surface area contributed by atoms with Crippen LogP contribution < -0.4 is 11.5 Å². The van der Waals surface area contributed by atoms with Gasteiger partial charge < -0.3 is 16.4 Å². The van der Waals surface area contributed by atoms with Gasteiger partial charge in [0.2, 0.25) is 0 Å². The number of carbonyl (C=O) groups excluding carboxylic acids is 1. The molecule has 1 fully saturated rings. The zero-order chi connectivity index (χ0) is 9.84. The molecule has 0 heterocycles. The molecular weight excluding hydrogens is 186 g/mol. The predicted octanol–water partition coefficient (Wildman–Crippen LogP) is 0.596. The summed E-state index contributed by atoms with van der Waals surface area (Å²) in [5.41, 5.74) is 10.6. The first-order valence-corrected chi connectivity index (χ1v) is 4.86. The lowest BCUT2D eigenvalue weighted by Crippen LogP contribution is -2.46. The van der Waals surface area contributed by atoms with Crippen molar-refractivity contribution >= 4 is 23.2 Å². The number of hydrogen-bond acceptors (Lipinski definition) is 2. The second-order valence-corrected chi connectivity index (χ2v) is 3.90. The van der Waals surface area contributed by atoms with E-state index in [9.17, 15) is 4.79 Å². The van der Waals surface area contributed by atoms with E-state index in [2.05, 4.69) is 0 Å². The van der Waals surface area contributed by atoms with Gasteiger partial charge in [-0.3, -0.25) is 0 Å². The van der Waals surface area contributed by atoms with Crippen LogP contribution in [0.2, 0.25) is 0 Å². The third kappa shape index (κ3) is 2.84. The molecule has 4 N–H and O–H groups in total. The third-order valence-corrected chi connectivity index (χ3v) is 2.50. The van der Waals surface area contributed by atoms with Gasteiger partial charge in [-0.1, -0.05) is 25.1 Å². The second kappa shape index (κ2) is 4.41. The maximum absolute atomic E-state index is 11.1. The quantitative estimate of drug-likeness (QED) is 0.657. The predicted molar refractivity (Wildman–Crippen MR) is 55.3 cm³/mol. The fraction of sp³-hybridized carbons (Fsp3) is 0.750. The van der Waals surface area contributed by atoms with Crippen LogP contribution in [0, 0.1) is 0 Å². The molecule has 0 aliphatic heterocycles. The zero-order valence-electron chi connectivity index (χ0n) is 7.53. The Morgan fingerprint density at radius 3 is 2.31 bits per heavy atom. The van der Waals surface area contributed by atoms with Gasteiger partial charge in [-0.2, -0.15) is 0 Å². The molecule has 4 nitrogen and oxygen atoms in total. The Bertz CT molecular complexity index is 213. The molecule has 1 rings (SSSR count). The first kappa shape index (κ1) is 10.2. The highest BCUT2D eigenvalue weighted by Crippen LogP contribution is 2.22. The molecule has 5 heteroatoms. The summed E-state index contributed by atoms with van der Waals surface area (Å²) in [6.07, 6.45) is 4.36. The number of nitrogens with zero attached hydrogens (tertiary/aromatic N) is 1. The fourth-order valence-corrected chi connectivity index (χ4v) is 1.91. The van der Waals surface area contributed by atoms with Gasteiger partial charge in [-0.05, 0) is 12.8 Å². The minimum atomic E-state index is -0.417. The van der Waals surface area contributed by atoms with Gasteiger partial charge in [0.1, 0.15) is 0 Å². The summed E-state index contributed by atoms with van der Waals surface area (Å²) in [5.74, 6) is 0. The van der Waals surface area contributed by atoms with Crippen LogP contribution >= 0.6 is 12.2 Å². The molecular formula is C8H15N3OS. The molecule has 74 valence electrons. The van der Waals surface area contributed by atoms with Crippen molar-refractivity contribution < 1.29 is 4.79 Å². The lowest BCUT2D eigenvalue weighted by molar-refractivity contribution is 0.195. The van der Waals surface area contributed by atoms with Crippen molar-refractivity contribution in [2.45, 2.75) is 31.7 Å². The minimum absolute atomic E-state index is 0.249. The molecule has 0 saturated heterocycles. The maximum atomic E-state index is 11.1. The molecule has 0 bridgehead atoms. The number of nitrogens with two attached hydrogens (primary N) is 2. The van der Waals surface area contributed by atoms with Crippen LogP contribution in [0.15, 0.2) is 0 Å². The molecule has 1 aliphatic carbocycles. The highest BCUT2D eigenvalue weighted by atomic mass is 32.1. The van der Waals surface area contributed by atoms with Crippen LogP contribution in [0.4, 0.5) is 4.79 Å². The molecule has 0 spiro atoms. The number of urea groups is 1. The van der Waals surface area contributed by atoms with Gasteiger partial charge in [-0.25, -0.2) is 4.79 Å². The highest BCUT2D eigenvalue weighted by Gasteiger charge is 2.25. The summed E-state index contributed by atoms with van der Waals surface area (Å²) in [7, 11) is 0. The van der Waals surface area contributed by atoms with Crippen LogP contribution in [-0.2, 0) is 0 Å². The van der Waals surface area contributed by atoms with Gasteiger partial charge in [0, 0.05) is 6.04 Å². The molecule has 0 radical (unpaired) electrons. The van der Waals surface area contributed by atoms with E-state index in [-0.39, 0.29) is 6.04 Å². The zero-order valence-corrected chi connectivity index (χ0v) is 8.35. The Morgan fingerprint density at radius 2 is 1.92 bits per heavy atom. The van der Waals surface area contributed by atoms with Crippen molar-refractivity contribution in [1.82, 2.24) is 4.90 Å². The van der Waals surface area contributed by atoms with Crippen molar-refractivity contribution in [3.05, 3.63) is 0 Å². The molecule has 0 aromatic heterocycles. The number of amides is 2. The Hall–Kier alpha value is -0.840. The van der Waals surface area contributed by atoms with Gasteiger partial charge in [0.15, 0.2) is 0 Å². The van der Waals surface area contributed by atoms with E-state index in [0.717, 1.165) is 25.7 Å². The summed E-state index contributed by atoms with van der Waals surface area (Å²) >= 11 is 4.75. The topological polar surface area (TPSA) is 72.4 Å². The third-order valence-electron chi connectivity index (χ3n) is 2.37. The highest BCUT2D eigenvalue weighted by molar-refractivity contribution is 7.80. The van der Waals surface area contributed by atoms with E-state index < -0.39 is 6.03 Å². The Morgan fingerprint density at radius 1 is 1.38 bits per heavy atom. The number of carbonyl (C=O) groups is 1. The maximum Gasteiger partial charge on any atom is 0.315 e. The summed E-state index contributed by atoms with van der Waals surface area (Å²) in [5, 5.41) is 0. The Labute approximate surface area is 83.2 Å². The van der Waals surface area contributed by atoms with Crippen molar-refractivity contribution in [2.24, 2.45) is 11.5 Å². The van der Waals surface area contributed by atoms with Crippen molar-refractivity contribution in [3.8, 4) is 0 Å². The van der Waals surface area contributed by atoms with E-state index in [1.54, 1.807) is 4.90 Å². The lowest BCUT2D eigenvalue weighted by atomic mass is 10.2. The summed E-state index contributed by atoms with van der Waals surface area (Å²) in [6, 6.07) is -0.168. The average Bonchev–Trinajstić information content (AvgIpc) is 2.50. The molecule has 1 saturated carbocycles. The molecule has 0 atom stereocenters. The van der Waals surface area contributed by atoms with Crippen LogP contribution in [0.25, 0.3) is 0 Å². The summed E-state index contributed by atoms with van der Waals surface area (Å²) < 4.78 is 0. The number of primary amides is 1. The van der Waals surface area contributed by atoms with E-state index in [0.29, 0.717) is 11.5 Å². The van der Waals surface area contributed by atoms with Gasteiger partial charge >= 0.3 is 6.03 Å². The fourth-order valence-electron chi connectivity index (χ4n) is 1.77. The SMILES string of the molecule is NC(=O)N(CC(N)=S)C1CCCC1.